The molecule has 1 rings (SSSR count). The van der Waals surface area contributed by atoms with Crippen molar-refractivity contribution in [1.82, 2.24) is 0 Å². The van der Waals surface area contributed by atoms with E-state index in [1.165, 1.54) is 0 Å². The maximum absolute atomic E-state index is 13.7. The van der Waals surface area contributed by atoms with Crippen LogP contribution in [0.5, 0.6) is 5.75 Å². The fourth-order valence-electron chi connectivity index (χ4n) is 2.25. The summed E-state index contributed by atoms with van der Waals surface area (Å²) in [5.41, 5.74) is 0. The van der Waals surface area contributed by atoms with Crippen LogP contribution >= 0.6 is 0 Å². The lowest BCUT2D eigenvalue weighted by molar-refractivity contribution is -0.460. The second-order valence-corrected chi connectivity index (χ2v) is 8.58. The van der Waals surface area contributed by atoms with E-state index in [1.807, 2.05) is 0 Å². The van der Waals surface area contributed by atoms with Crippen molar-refractivity contribution in [2.75, 3.05) is 0 Å². The summed E-state index contributed by atoms with van der Waals surface area (Å²) in [5.74, 6) is -66.4. The van der Waals surface area contributed by atoms with E-state index in [9.17, 15) is 91.8 Å². The molecule has 1 aromatic rings. The lowest BCUT2D eigenvalue weighted by Gasteiger charge is -2.42. The summed E-state index contributed by atoms with van der Waals surface area (Å²) < 4.78 is 285. The zero-order chi connectivity index (χ0) is 32.3. The Balaban J connectivity index is 3.63. The van der Waals surface area contributed by atoms with Crippen molar-refractivity contribution in [2.24, 2.45) is 0 Å². The van der Waals surface area contributed by atoms with Crippen LogP contribution < -0.4 is 4.74 Å². The molecule has 0 aliphatic heterocycles. The van der Waals surface area contributed by atoms with E-state index in [-0.39, 0.29) is 24.3 Å². The first-order valence-electron chi connectivity index (χ1n) is 8.79. The van der Waals surface area contributed by atoms with Crippen LogP contribution in [0.3, 0.4) is 0 Å². The van der Waals surface area contributed by atoms with Gasteiger partial charge in [0.25, 0.3) is 10.1 Å². The Morgan fingerprint density at radius 1 is 0.575 bits per heavy atom. The molecule has 0 aliphatic carbocycles. The van der Waals surface area contributed by atoms with Gasteiger partial charge in [-0.25, -0.2) is 0 Å². The Hall–Kier alpha value is -2.66. The molecule has 1 N–H and O–H groups in total. The molecule has 0 aliphatic rings. The molecule has 0 spiro atoms. The minimum absolute atomic E-state index is 0.123. The normalized spacial score (nSPS) is 16.1. The summed E-state index contributed by atoms with van der Waals surface area (Å²) in [7, 11) is -5.01. The molecule has 0 atom stereocenters. The van der Waals surface area contributed by atoms with Gasteiger partial charge in [0.05, 0.1) is 4.90 Å². The smallest absolute Gasteiger partial charge is 0.430 e. The minimum Gasteiger partial charge on any atom is -0.430 e. The van der Waals surface area contributed by atoms with E-state index >= 15 is 0 Å². The quantitative estimate of drug-likeness (QED) is 0.162. The van der Waals surface area contributed by atoms with E-state index in [1.54, 1.807) is 0 Å². The van der Waals surface area contributed by atoms with E-state index in [0.29, 0.717) is 0 Å². The summed E-state index contributed by atoms with van der Waals surface area (Å²) in [6.45, 7) is 0. The van der Waals surface area contributed by atoms with Gasteiger partial charge < -0.3 is 4.74 Å². The lowest BCUT2D eigenvalue weighted by atomic mass is 9.88. The maximum atomic E-state index is 13.7. The molecule has 0 heterocycles. The number of allylic oxidation sites excluding steroid dienone is 1. The molecule has 0 amide bonds. The zero-order valence-corrected chi connectivity index (χ0v) is 18.4. The molecule has 0 radical (unpaired) electrons. The van der Waals surface area contributed by atoms with Crippen LogP contribution in [0.2, 0.25) is 0 Å². The number of rotatable bonds is 10. The Morgan fingerprint density at radius 3 is 1.23 bits per heavy atom. The minimum atomic E-state index is -8.99. The Morgan fingerprint density at radius 2 is 0.900 bits per heavy atom. The molecule has 0 aromatic heterocycles. The molecular weight excluding hydrogens is 649 g/mol. The van der Waals surface area contributed by atoms with Crippen LogP contribution in [-0.2, 0) is 10.1 Å². The van der Waals surface area contributed by atoms with Gasteiger partial charge in [0.15, 0.2) is 0 Å². The summed E-state index contributed by atoms with van der Waals surface area (Å²) in [6.07, 6.45) is -7.95. The van der Waals surface area contributed by atoms with Gasteiger partial charge in [-0.2, -0.15) is 91.8 Å². The van der Waals surface area contributed by atoms with Gasteiger partial charge in [0.1, 0.15) is 5.75 Å². The van der Waals surface area contributed by atoms with Crippen LogP contribution in [0.1, 0.15) is 0 Å². The van der Waals surface area contributed by atoms with Crippen LogP contribution in [0, 0.1) is 0 Å². The van der Waals surface area contributed by atoms with Gasteiger partial charge >= 0.3 is 53.6 Å². The number of hydrogen-bond donors (Lipinski definition) is 1. The van der Waals surface area contributed by atoms with Crippen LogP contribution in [0.15, 0.2) is 41.0 Å². The van der Waals surface area contributed by atoms with Crippen molar-refractivity contribution in [3.8, 4) is 5.75 Å². The number of ether oxygens (including phenoxy) is 1. The summed E-state index contributed by atoms with van der Waals surface area (Å²) in [6, 6.07) is -3.10. The van der Waals surface area contributed by atoms with Crippen molar-refractivity contribution >= 4 is 10.1 Å². The van der Waals surface area contributed by atoms with E-state index in [4.69, 9.17) is 4.55 Å². The van der Waals surface area contributed by atoms with Crippen molar-refractivity contribution in [3.63, 3.8) is 0 Å². The van der Waals surface area contributed by atoms with E-state index < -0.39 is 80.2 Å². The third-order valence-corrected chi connectivity index (χ3v) is 5.37. The second kappa shape index (κ2) is 9.72. The number of alkyl halides is 17. The van der Waals surface area contributed by atoms with E-state index in [0.717, 1.165) is 0 Å². The molecule has 0 unspecified atom stereocenters. The van der Waals surface area contributed by atoms with Gasteiger partial charge in [-0.15, -0.1) is 0 Å². The number of halogens is 19. The highest BCUT2D eigenvalue weighted by Crippen LogP contribution is 2.64. The first-order valence-corrected chi connectivity index (χ1v) is 10.2. The fourth-order valence-corrected chi connectivity index (χ4v) is 2.73. The highest BCUT2D eigenvalue weighted by Gasteiger charge is 2.95. The number of benzene rings is 1. The summed E-state index contributed by atoms with van der Waals surface area (Å²) in [4.78, 5) is -1.07. The van der Waals surface area contributed by atoms with Crippen molar-refractivity contribution in [2.45, 2.75) is 52.5 Å². The fraction of sp³-hybridized carbons (Fsp3) is 0.500. The average molecular weight is 654 g/mol. The van der Waals surface area contributed by atoms with Gasteiger partial charge in [-0.3, -0.25) is 4.55 Å². The predicted octanol–water partition coefficient (Wildman–Crippen LogP) is 7.43. The van der Waals surface area contributed by atoms with Gasteiger partial charge in [0.2, 0.25) is 5.83 Å². The van der Waals surface area contributed by atoms with Crippen LogP contribution in [0.4, 0.5) is 83.4 Å². The molecule has 1 aromatic carbocycles. The number of hydrogen-bond acceptors (Lipinski definition) is 3. The molecule has 40 heavy (non-hydrogen) atoms. The first kappa shape index (κ1) is 35.4. The molecule has 0 bridgehead atoms. The molecule has 0 saturated heterocycles. The van der Waals surface area contributed by atoms with Crippen LogP contribution in [-0.4, -0.2) is 60.6 Å². The lowest BCUT2D eigenvalue weighted by Crippen LogP contribution is -2.74. The standard InChI is InChI=1S/C16H5F19O4S/c17-7(8(18)39-5-1-3-6(4-2-5)40(36,37)38)9(19,20)10(21,22)11(23,24)12(25,26)13(27,28)14(29,30)15(31,32)16(33,34)35/h1-4H,(H,36,37,38)/b8-7-. The third kappa shape index (κ3) is 5.11. The van der Waals surface area contributed by atoms with Crippen molar-refractivity contribution < 1.29 is 101 Å². The van der Waals surface area contributed by atoms with Gasteiger partial charge in [-0.05, 0) is 24.3 Å². The first-order chi connectivity index (χ1) is 17.3. The second-order valence-electron chi connectivity index (χ2n) is 7.15. The summed E-state index contributed by atoms with van der Waals surface area (Å²) in [5, 5.41) is 0. The Kier molecular flexibility index (Phi) is 8.59. The topological polar surface area (TPSA) is 63.6 Å². The summed E-state index contributed by atoms with van der Waals surface area (Å²) >= 11 is 0. The molecule has 4 nitrogen and oxygen atoms in total. The van der Waals surface area contributed by atoms with Gasteiger partial charge in [0, 0.05) is 0 Å². The van der Waals surface area contributed by atoms with Crippen LogP contribution in [0.25, 0.3) is 0 Å². The third-order valence-electron chi connectivity index (χ3n) is 4.50. The Labute approximate surface area is 206 Å². The highest BCUT2D eigenvalue weighted by molar-refractivity contribution is 7.85. The SMILES string of the molecule is O=S(=O)(O)c1ccc(O/C(F)=C(\F)C(F)(F)C(F)(F)C(F)(F)C(F)(F)C(F)(F)C(F)(F)C(F)(F)C(F)(F)F)cc1. The molecule has 24 heteroatoms. The van der Waals surface area contributed by atoms with Crippen molar-refractivity contribution in [1.29, 1.82) is 0 Å². The molecule has 0 saturated carbocycles. The van der Waals surface area contributed by atoms with Crippen molar-refractivity contribution in [3.05, 3.63) is 36.1 Å². The zero-order valence-electron chi connectivity index (χ0n) is 17.6. The van der Waals surface area contributed by atoms with E-state index in [2.05, 4.69) is 4.74 Å². The monoisotopic (exact) mass is 654 g/mol. The predicted molar refractivity (Wildman–Crippen MR) is 86.8 cm³/mol. The largest absolute Gasteiger partial charge is 0.460 e. The molecule has 232 valence electrons. The molecular formula is C16H5F19O4S. The maximum Gasteiger partial charge on any atom is 0.460 e. The van der Waals surface area contributed by atoms with Gasteiger partial charge in [-0.1, -0.05) is 0 Å². The Bertz CT molecular complexity index is 1230. The highest BCUT2D eigenvalue weighted by atomic mass is 32.2. The molecule has 0 fully saturated rings. The average Bonchev–Trinajstić information content (AvgIpc) is 2.76.